The van der Waals surface area contributed by atoms with Crippen LogP contribution in [0.3, 0.4) is 0 Å². The number of thiazole rings is 1. The summed E-state index contributed by atoms with van der Waals surface area (Å²) in [6.45, 7) is 1.45. The molecule has 26 heavy (non-hydrogen) atoms. The molecule has 3 rings (SSSR count). The van der Waals surface area contributed by atoms with E-state index in [0.29, 0.717) is 38.9 Å². The Morgan fingerprint density at radius 1 is 1.27 bits per heavy atom. The lowest BCUT2D eigenvalue weighted by molar-refractivity contribution is -0.124. The molecule has 1 aliphatic rings. The molecule has 1 amide bonds. The van der Waals surface area contributed by atoms with Gasteiger partial charge in [-0.2, -0.15) is 0 Å². The number of benzene rings is 1. The summed E-state index contributed by atoms with van der Waals surface area (Å²) in [6.07, 6.45) is 2.36. The summed E-state index contributed by atoms with van der Waals surface area (Å²) in [5.74, 6) is -0.389. The van der Waals surface area contributed by atoms with Gasteiger partial charge in [-0.05, 0) is 25.9 Å². The average molecular weight is 394 g/mol. The fraction of sp³-hybridized carbons (Fsp3) is 0.444. The molecule has 2 heterocycles. The van der Waals surface area contributed by atoms with Crippen LogP contribution >= 0.6 is 11.3 Å². The molecule has 1 aromatic heterocycles. The third kappa shape index (κ3) is 3.97. The summed E-state index contributed by atoms with van der Waals surface area (Å²) in [5.41, 5.74) is 1.96. The predicted molar refractivity (Wildman–Crippen MR) is 104 cm³/mol. The van der Waals surface area contributed by atoms with Crippen molar-refractivity contribution in [1.82, 2.24) is 15.6 Å². The van der Waals surface area contributed by atoms with Gasteiger partial charge in [-0.15, -0.1) is 11.3 Å². The lowest BCUT2D eigenvalue weighted by Gasteiger charge is -2.34. The second-order valence-corrected chi connectivity index (χ2v) is 9.72. The fourth-order valence-electron chi connectivity index (χ4n) is 3.20. The van der Waals surface area contributed by atoms with Gasteiger partial charge in [-0.3, -0.25) is 4.79 Å². The molecule has 1 aromatic carbocycles. The van der Waals surface area contributed by atoms with Gasteiger partial charge < -0.3 is 10.6 Å². The fourth-order valence-corrected chi connectivity index (χ4v) is 5.41. The van der Waals surface area contributed by atoms with Gasteiger partial charge in [-0.1, -0.05) is 30.3 Å². The van der Waals surface area contributed by atoms with E-state index in [2.05, 4.69) is 15.6 Å². The van der Waals surface area contributed by atoms with Crippen LogP contribution in [0, 0.1) is 0 Å². The van der Waals surface area contributed by atoms with E-state index < -0.39 is 14.6 Å². The van der Waals surface area contributed by atoms with Crippen molar-refractivity contribution in [1.29, 1.82) is 0 Å². The Balaban J connectivity index is 1.61. The number of hydrogen-bond donors (Lipinski definition) is 2. The Bertz CT molecular complexity index is 857. The molecule has 0 spiro atoms. The maximum absolute atomic E-state index is 12.6. The molecule has 140 valence electrons. The van der Waals surface area contributed by atoms with Gasteiger partial charge in [0.2, 0.25) is 5.91 Å². The van der Waals surface area contributed by atoms with E-state index in [1.807, 2.05) is 35.7 Å². The molecule has 0 saturated carbocycles. The van der Waals surface area contributed by atoms with Gasteiger partial charge >= 0.3 is 0 Å². The highest BCUT2D eigenvalue weighted by Gasteiger charge is 2.48. The monoisotopic (exact) mass is 393 g/mol. The maximum atomic E-state index is 12.6. The predicted octanol–water partition coefficient (Wildman–Crippen LogP) is 1.64. The van der Waals surface area contributed by atoms with Crippen LogP contribution in [-0.4, -0.2) is 49.9 Å². The van der Waals surface area contributed by atoms with Crippen LogP contribution in [0.2, 0.25) is 0 Å². The van der Waals surface area contributed by atoms with Crippen LogP contribution in [0.15, 0.2) is 35.7 Å². The highest BCUT2D eigenvalue weighted by atomic mass is 32.2. The van der Waals surface area contributed by atoms with Crippen LogP contribution in [0.25, 0.3) is 10.6 Å². The second-order valence-electron chi connectivity index (χ2n) is 6.53. The molecule has 0 aliphatic carbocycles. The summed E-state index contributed by atoms with van der Waals surface area (Å²) in [7, 11) is -3.48. The standard InChI is InChI=1S/C18H23N3O3S2/c1-26(23,24)18(8-11-19-12-9-18)17(22)20-10-7-15-13-25-16(21-15)14-5-3-2-4-6-14/h2-6,13,19H,7-12H2,1H3,(H,20,22). The van der Waals surface area contributed by atoms with E-state index in [1.165, 1.54) is 0 Å². The van der Waals surface area contributed by atoms with E-state index in [1.54, 1.807) is 11.3 Å². The summed E-state index contributed by atoms with van der Waals surface area (Å²) < 4.78 is 23.2. The van der Waals surface area contributed by atoms with Crippen molar-refractivity contribution in [2.24, 2.45) is 0 Å². The van der Waals surface area contributed by atoms with E-state index in [-0.39, 0.29) is 5.91 Å². The van der Waals surface area contributed by atoms with Gasteiger partial charge in [0.25, 0.3) is 0 Å². The first-order valence-corrected chi connectivity index (χ1v) is 11.4. The number of nitrogens with zero attached hydrogens (tertiary/aromatic N) is 1. The average Bonchev–Trinajstić information content (AvgIpc) is 3.11. The smallest absolute Gasteiger partial charge is 0.241 e. The Labute approximate surface area is 158 Å². The molecule has 0 bridgehead atoms. The molecule has 0 atom stereocenters. The third-order valence-electron chi connectivity index (χ3n) is 4.77. The minimum absolute atomic E-state index is 0.312. The minimum atomic E-state index is -3.48. The van der Waals surface area contributed by atoms with Crippen molar-refractivity contribution in [2.45, 2.75) is 24.0 Å². The number of carbonyl (C=O) groups is 1. The first-order chi connectivity index (χ1) is 12.4. The highest BCUT2D eigenvalue weighted by Crippen LogP contribution is 2.28. The maximum Gasteiger partial charge on any atom is 0.241 e. The van der Waals surface area contributed by atoms with Crippen molar-refractivity contribution < 1.29 is 13.2 Å². The summed E-state index contributed by atoms with van der Waals surface area (Å²) in [4.78, 5) is 17.2. The topological polar surface area (TPSA) is 88.2 Å². The number of nitrogens with one attached hydrogen (secondary N) is 2. The van der Waals surface area contributed by atoms with Crippen molar-refractivity contribution in [2.75, 3.05) is 25.9 Å². The third-order valence-corrected chi connectivity index (χ3v) is 7.73. The Hall–Kier alpha value is -1.77. The quantitative estimate of drug-likeness (QED) is 0.779. The van der Waals surface area contributed by atoms with Crippen molar-refractivity contribution in [3.05, 3.63) is 41.4 Å². The van der Waals surface area contributed by atoms with E-state index in [4.69, 9.17) is 0 Å². The number of rotatable bonds is 6. The molecule has 2 aromatic rings. The Kier molecular flexibility index (Phi) is 5.74. The zero-order valence-electron chi connectivity index (χ0n) is 14.7. The summed E-state index contributed by atoms with van der Waals surface area (Å²) in [5, 5.41) is 8.85. The minimum Gasteiger partial charge on any atom is -0.354 e. The Morgan fingerprint density at radius 2 is 1.96 bits per heavy atom. The number of piperidine rings is 1. The first-order valence-electron chi connectivity index (χ1n) is 8.61. The highest BCUT2D eigenvalue weighted by molar-refractivity contribution is 7.92. The molecule has 1 saturated heterocycles. The molecule has 1 fully saturated rings. The van der Waals surface area contributed by atoms with Gasteiger partial charge in [0, 0.05) is 30.2 Å². The summed E-state index contributed by atoms with van der Waals surface area (Å²) >= 11 is 1.57. The molecule has 8 heteroatoms. The number of amides is 1. The number of hydrogen-bond acceptors (Lipinski definition) is 6. The normalized spacial score (nSPS) is 17.0. The number of sulfone groups is 1. The molecule has 2 N–H and O–H groups in total. The molecule has 0 unspecified atom stereocenters. The Morgan fingerprint density at radius 3 is 2.62 bits per heavy atom. The SMILES string of the molecule is CS(=O)(=O)C1(C(=O)NCCc2csc(-c3ccccc3)n2)CCNCC1. The van der Waals surface area contributed by atoms with Gasteiger partial charge in [0.05, 0.1) is 5.69 Å². The van der Waals surface area contributed by atoms with Gasteiger partial charge in [-0.25, -0.2) is 13.4 Å². The molecule has 0 radical (unpaired) electrons. The lowest BCUT2D eigenvalue weighted by atomic mass is 9.96. The van der Waals surface area contributed by atoms with Crippen LogP contribution in [-0.2, 0) is 21.1 Å². The first kappa shape index (κ1) is 19.0. The van der Waals surface area contributed by atoms with Gasteiger partial charge in [0.1, 0.15) is 5.01 Å². The largest absolute Gasteiger partial charge is 0.354 e. The van der Waals surface area contributed by atoms with Crippen LogP contribution in [0.5, 0.6) is 0 Å². The van der Waals surface area contributed by atoms with Crippen LogP contribution in [0.1, 0.15) is 18.5 Å². The van der Waals surface area contributed by atoms with Crippen molar-refractivity contribution >= 4 is 27.1 Å². The zero-order valence-corrected chi connectivity index (χ0v) is 16.3. The lowest BCUT2D eigenvalue weighted by Crippen LogP contribution is -2.57. The van der Waals surface area contributed by atoms with Crippen molar-refractivity contribution in [3.8, 4) is 10.6 Å². The van der Waals surface area contributed by atoms with E-state index >= 15 is 0 Å². The number of carbonyl (C=O) groups excluding carboxylic acids is 1. The second kappa shape index (κ2) is 7.85. The summed E-state index contributed by atoms with van der Waals surface area (Å²) in [6, 6.07) is 9.93. The van der Waals surface area contributed by atoms with E-state index in [9.17, 15) is 13.2 Å². The molecule has 1 aliphatic heterocycles. The van der Waals surface area contributed by atoms with Crippen molar-refractivity contribution in [3.63, 3.8) is 0 Å². The molecular weight excluding hydrogens is 370 g/mol. The van der Waals surface area contributed by atoms with Crippen LogP contribution in [0.4, 0.5) is 0 Å². The van der Waals surface area contributed by atoms with Gasteiger partial charge in [0.15, 0.2) is 14.6 Å². The van der Waals surface area contributed by atoms with E-state index in [0.717, 1.165) is 22.5 Å². The molecule has 6 nitrogen and oxygen atoms in total. The molecular formula is C18H23N3O3S2. The zero-order chi connectivity index (χ0) is 18.6. The van der Waals surface area contributed by atoms with Crippen LogP contribution < -0.4 is 10.6 Å². The number of aromatic nitrogens is 1.